The Morgan fingerprint density at radius 1 is 1.23 bits per heavy atom. The smallest absolute Gasteiger partial charge is 0.308 e. The van der Waals surface area contributed by atoms with Crippen molar-refractivity contribution in [2.24, 2.45) is 0 Å². The van der Waals surface area contributed by atoms with E-state index < -0.39 is 17.9 Å². The van der Waals surface area contributed by atoms with Crippen molar-refractivity contribution in [2.75, 3.05) is 6.61 Å². The van der Waals surface area contributed by atoms with Crippen molar-refractivity contribution < 1.29 is 19.0 Å². The van der Waals surface area contributed by atoms with Gasteiger partial charge in [-0.2, -0.15) is 0 Å². The van der Waals surface area contributed by atoms with E-state index in [-0.39, 0.29) is 18.6 Å². The van der Waals surface area contributed by atoms with E-state index in [0.717, 1.165) is 6.42 Å². The Hall–Kier alpha value is -2.73. The molecule has 1 atom stereocenters. The number of rotatable bonds is 7. The Bertz CT molecular complexity index is 893. The number of aromatic nitrogens is 2. The molecule has 2 N–H and O–H groups in total. The van der Waals surface area contributed by atoms with Gasteiger partial charge in [-0.15, -0.1) is 0 Å². The van der Waals surface area contributed by atoms with E-state index in [1.165, 1.54) is 11.6 Å². The Kier molecular flexibility index (Phi) is 5.63. The molecule has 136 valence electrons. The Morgan fingerprint density at radius 2 is 2.00 bits per heavy atom. The molecule has 0 bridgehead atoms. The number of imidazole rings is 1. The maximum atomic E-state index is 14.3. The Morgan fingerprint density at radius 3 is 2.73 bits per heavy atom. The quantitative estimate of drug-likeness (QED) is 0.636. The fraction of sp³-hybridized carbons (Fsp3) is 0.300. The van der Waals surface area contributed by atoms with E-state index >= 15 is 0 Å². The summed E-state index contributed by atoms with van der Waals surface area (Å²) in [5.74, 6) is -0.453. The van der Waals surface area contributed by atoms with Gasteiger partial charge in [-0.25, -0.2) is 9.37 Å². The monoisotopic (exact) mass is 356 g/mol. The average Bonchev–Trinajstić information content (AvgIpc) is 3.03. The number of aliphatic hydroxyl groups is 1. The van der Waals surface area contributed by atoms with Gasteiger partial charge >= 0.3 is 5.97 Å². The molecule has 0 saturated carbocycles. The zero-order valence-electron chi connectivity index (χ0n) is 14.5. The third-order valence-electron chi connectivity index (χ3n) is 4.18. The summed E-state index contributed by atoms with van der Waals surface area (Å²) in [5.41, 5.74) is 2.19. The van der Waals surface area contributed by atoms with E-state index in [9.17, 15) is 14.3 Å². The van der Waals surface area contributed by atoms with Gasteiger partial charge in [0.05, 0.1) is 30.2 Å². The largest absolute Gasteiger partial charge is 0.466 e. The molecule has 0 aliphatic carbocycles. The summed E-state index contributed by atoms with van der Waals surface area (Å²) in [6.45, 7) is 1.89. The van der Waals surface area contributed by atoms with Crippen molar-refractivity contribution in [3.63, 3.8) is 0 Å². The maximum absolute atomic E-state index is 14.3. The van der Waals surface area contributed by atoms with Crippen LogP contribution in [0.3, 0.4) is 0 Å². The van der Waals surface area contributed by atoms with E-state index in [1.54, 1.807) is 13.0 Å². The summed E-state index contributed by atoms with van der Waals surface area (Å²) in [6, 6.07) is 12.9. The first kappa shape index (κ1) is 18.1. The van der Waals surface area contributed by atoms with Crippen molar-refractivity contribution in [1.29, 1.82) is 0 Å². The second-order valence-corrected chi connectivity index (χ2v) is 6.05. The van der Waals surface area contributed by atoms with Crippen LogP contribution in [0.4, 0.5) is 4.39 Å². The molecule has 26 heavy (non-hydrogen) atoms. The van der Waals surface area contributed by atoms with Crippen LogP contribution >= 0.6 is 0 Å². The third kappa shape index (κ3) is 4.08. The Labute approximate surface area is 150 Å². The highest BCUT2D eigenvalue weighted by Crippen LogP contribution is 2.28. The molecule has 5 nitrogen and oxygen atoms in total. The highest BCUT2D eigenvalue weighted by atomic mass is 19.1. The van der Waals surface area contributed by atoms with Crippen LogP contribution in [-0.2, 0) is 22.4 Å². The van der Waals surface area contributed by atoms with E-state index in [0.29, 0.717) is 23.3 Å². The molecule has 6 heteroatoms. The van der Waals surface area contributed by atoms with Crippen molar-refractivity contribution >= 4 is 17.0 Å². The minimum Gasteiger partial charge on any atom is -0.466 e. The number of hydrogen-bond donors (Lipinski definition) is 2. The van der Waals surface area contributed by atoms with Gasteiger partial charge in [0.25, 0.3) is 0 Å². The van der Waals surface area contributed by atoms with Gasteiger partial charge in [0.1, 0.15) is 11.6 Å². The van der Waals surface area contributed by atoms with Gasteiger partial charge in [0.2, 0.25) is 0 Å². The number of benzene rings is 2. The highest BCUT2D eigenvalue weighted by Gasteiger charge is 2.22. The minimum absolute atomic E-state index is 0.0257. The fourth-order valence-electron chi connectivity index (χ4n) is 2.95. The zero-order chi connectivity index (χ0) is 18.5. The van der Waals surface area contributed by atoms with Gasteiger partial charge < -0.3 is 14.8 Å². The van der Waals surface area contributed by atoms with E-state index in [1.807, 2.05) is 30.3 Å². The Balaban J connectivity index is 1.83. The SMILES string of the molecule is CCOC(=O)CC(O)c1c(F)ccc2[nH]c(CCc3ccccc3)nc12. The topological polar surface area (TPSA) is 75.2 Å². The molecule has 1 unspecified atom stereocenters. The maximum Gasteiger partial charge on any atom is 0.308 e. The lowest BCUT2D eigenvalue weighted by atomic mass is 10.0. The average molecular weight is 356 g/mol. The number of aryl methyl sites for hydroxylation is 2. The molecule has 3 rings (SSSR count). The van der Waals surface area contributed by atoms with Crippen LogP contribution in [0, 0.1) is 5.82 Å². The number of aliphatic hydroxyl groups excluding tert-OH is 1. The second kappa shape index (κ2) is 8.10. The molecule has 2 aromatic carbocycles. The first-order valence-electron chi connectivity index (χ1n) is 8.63. The van der Waals surface area contributed by atoms with Crippen molar-refractivity contribution in [3.8, 4) is 0 Å². The predicted octanol–water partition coefficient (Wildman–Crippen LogP) is 3.47. The number of fused-ring (bicyclic) bond motifs is 1. The molecule has 0 aliphatic heterocycles. The predicted molar refractivity (Wildman–Crippen MR) is 96.1 cm³/mol. The van der Waals surface area contributed by atoms with Crippen molar-refractivity contribution in [3.05, 3.63) is 65.2 Å². The summed E-state index contributed by atoms with van der Waals surface area (Å²) in [4.78, 5) is 19.2. The van der Waals surface area contributed by atoms with Crippen LogP contribution in [0.15, 0.2) is 42.5 Å². The molecule has 0 aliphatic rings. The van der Waals surface area contributed by atoms with Crippen LogP contribution in [0.1, 0.15) is 36.4 Å². The summed E-state index contributed by atoms with van der Waals surface area (Å²) in [6.07, 6.45) is -0.156. The standard InChI is InChI=1S/C20H21FN2O3/c1-2-26-18(25)12-16(24)19-14(21)9-10-15-20(19)23-17(22-15)11-8-13-6-4-3-5-7-13/h3-7,9-10,16,24H,2,8,11-12H2,1H3,(H,22,23). The van der Waals surface area contributed by atoms with Crippen LogP contribution < -0.4 is 0 Å². The molecule has 3 aromatic rings. The van der Waals surface area contributed by atoms with Gasteiger partial charge in [-0.3, -0.25) is 4.79 Å². The molecule has 1 aromatic heterocycles. The molecule has 0 amide bonds. The van der Waals surface area contributed by atoms with Crippen molar-refractivity contribution in [1.82, 2.24) is 9.97 Å². The molecule has 0 fully saturated rings. The number of ether oxygens (including phenoxy) is 1. The number of carbonyl (C=O) groups excluding carboxylic acids is 1. The molecular weight excluding hydrogens is 335 g/mol. The number of aromatic amines is 1. The van der Waals surface area contributed by atoms with Gasteiger partial charge in [0, 0.05) is 12.0 Å². The number of nitrogens with zero attached hydrogens (tertiary/aromatic N) is 1. The van der Waals surface area contributed by atoms with Crippen LogP contribution in [0.2, 0.25) is 0 Å². The highest BCUT2D eigenvalue weighted by molar-refractivity contribution is 5.80. The summed E-state index contributed by atoms with van der Waals surface area (Å²) < 4.78 is 19.1. The third-order valence-corrected chi connectivity index (χ3v) is 4.18. The lowest BCUT2D eigenvalue weighted by molar-refractivity contribution is -0.145. The number of carbonyl (C=O) groups is 1. The molecule has 0 saturated heterocycles. The second-order valence-electron chi connectivity index (χ2n) is 6.05. The summed E-state index contributed by atoms with van der Waals surface area (Å²) >= 11 is 0. The summed E-state index contributed by atoms with van der Waals surface area (Å²) in [5, 5.41) is 10.3. The lowest BCUT2D eigenvalue weighted by Crippen LogP contribution is -2.11. The molecule has 0 spiro atoms. The van der Waals surface area contributed by atoms with Crippen LogP contribution in [0.25, 0.3) is 11.0 Å². The first-order valence-corrected chi connectivity index (χ1v) is 8.63. The first-order chi connectivity index (χ1) is 12.6. The lowest BCUT2D eigenvalue weighted by Gasteiger charge is -2.11. The van der Waals surface area contributed by atoms with Gasteiger partial charge in [0.15, 0.2) is 0 Å². The number of H-pyrrole nitrogens is 1. The van der Waals surface area contributed by atoms with E-state index in [4.69, 9.17) is 4.74 Å². The zero-order valence-corrected chi connectivity index (χ0v) is 14.5. The minimum atomic E-state index is -1.30. The van der Waals surface area contributed by atoms with Crippen LogP contribution in [0.5, 0.6) is 0 Å². The molecule has 1 heterocycles. The van der Waals surface area contributed by atoms with Gasteiger partial charge in [-0.1, -0.05) is 30.3 Å². The van der Waals surface area contributed by atoms with Crippen LogP contribution in [-0.4, -0.2) is 27.7 Å². The molecule has 0 radical (unpaired) electrons. The summed E-state index contributed by atoms with van der Waals surface area (Å²) in [7, 11) is 0. The normalized spacial score (nSPS) is 12.3. The fourth-order valence-corrected chi connectivity index (χ4v) is 2.95. The molecular formula is C20H21FN2O3. The number of hydrogen-bond acceptors (Lipinski definition) is 4. The van der Waals surface area contributed by atoms with Gasteiger partial charge in [-0.05, 0) is 31.0 Å². The van der Waals surface area contributed by atoms with Crippen molar-refractivity contribution in [2.45, 2.75) is 32.3 Å². The number of halogens is 1. The number of esters is 1. The van der Waals surface area contributed by atoms with E-state index in [2.05, 4.69) is 9.97 Å². The number of nitrogens with one attached hydrogen (secondary N) is 1.